The number of amides is 1. The number of nitrogens with zero attached hydrogens (tertiary/aromatic N) is 1. The van der Waals surface area contributed by atoms with Gasteiger partial charge in [-0.25, -0.2) is 0 Å². The lowest BCUT2D eigenvalue weighted by Gasteiger charge is -2.15. The number of para-hydroxylation sites is 1. The van der Waals surface area contributed by atoms with E-state index in [2.05, 4.69) is 0 Å². The van der Waals surface area contributed by atoms with Gasteiger partial charge in [-0.3, -0.25) is 4.79 Å². The highest BCUT2D eigenvalue weighted by molar-refractivity contribution is 5.92. The largest absolute Gasteiger partial charge is 0.497 e. The zero-order valence-corrected chi connectivity index (χ0v) is 14.8. The Labute approximate surface area is 148 Å². The quantitative estimate of drug-likeness (QED) is 0.692. The van der Waals surface area contributed by atoms with Crippen molar-refractivity contribution in [1.29, 1.82) is 0 Å². The smallest absolute Gasteiger partial charge is 0.246 e. The topological polar surface area (TPSA) is 48.0 Å². The molecule has 0 radical (unpaired) electrons. The molecule has 0 heterocycles. The third-order valence-corrected chi connectivity index (χ3v) is 3.68. The van der Waals surface area contributed by atoms with Crippen molar-refractivity contribution in [3.63, 3.8) is 0 Å². The highest BCUT2D eigenvalue weighted by Crippen LogP contribution is 2.19. The van der Waals surface area contributed by atoms with Crippen molar-refractivity contribution in [3.8, 4) is 17.2 Å². The Bertz CT molecular complexity index is 710. The van der Waals surface area contributed by atoms with Crippen LogP contribution in [-0.4, -0.2) is 45.2 Å². The summed E-state index contributed by atoms with van der Waals surface area (Å²) in [7, 11) is 4.97. The Hall–Kier alpha value is -2.95. The van der Waals surface area contributed by atoms with Crippen molar-refractivity contribution < 1.29 is 19.0 Å². The van der Waals surface area contributed by atoms with E-state index in [1.807, 2.05) is 48.5 Å². The second-order valence-corrected chi connectivity index (χ2v) is 5.36. The fourth-order valence-corrected chi connectivity index (χ4v) is 2.17. The molecule has 0 N–H and O–H groups in total. The summed E-state index contributed by atoms with van der Waals surface area (Å²) in [4.78, 5) is 13.8. The average molecular weight is 341 g/mol. The first kappa shape index (κ1) is 18.4. The number of methoxy groups -OCH3 is 2. The summed E-state index contributed by atoms with van der Waals surface area (Å²) in [5, 5.41) is 0. The first-order valence-corrected chi connectivity index (χ1v) is 7.97. The Kier molecular flexibility index (Phi) is 6.89. The number of benzene rings is 2. The van der Waals surface area contributed by atoms with Gasteiger partial charge in [-0.05, 0) is 36.4 Å². The van der Waals surface area contributed by atoms with Gasteiger partial charge in [0.2, 0.25) is 5.91 Å². The van der Waals surface area contributed by atoms with Gasteiger partial charge >= 0.3 is 0 Å². The van der Waals surface area contributed by atoms with Crippen LogP contribution in [0.5, 0.6) is 17.2 Å². The van der Waals surface area contributed by atoms with Crippen molar-refractivity contribution >= 4 is 12.0 Å². The summed E-state index contributed by atoms with van der Waals surface area (Å²) in [6.45, 7) is 0.901. The maximum atomic E-state index is 12.2. The molecule has 132 valence electrons. The molecule has 0 unspecified atom stereocenters. The van der Waals surface area contributed by atoms with E-state index in [4.69, 9.17) is 14.2 Å². The second-order valence-electron chi connectivity index (χ2n) is 5.36. The minimum absolute atomic E-state index is 0.0933. The van der Waals surface area contributed by atoms with Crippen LogP contribution in [0.15, 0.2) is 54.6 Å². The number of carbonyl (C=O) groups is 1. The van der Waals surface area contributed by atoms with Crippen molar-refractivity contribution in [2.75, 3.05) is 34.4 Å². The third kappa shape index (κ3) is 5.57. The highest BCUT2D eigenvalue weighted by Gasteiger charge is 2.06. The van der Waals surface area contributed by atoms with Gasteiger partial charge < -0.3 is 19.1 Å². The molecule has 5 heteroatoms. The third-order valence-electron chi connectivity index (χ3n) is 3.68. The average Bonchev–Trinajstić information content (AvgIpc) is 2.66. The lowest BCUT2D eigenvalue weighted by Crippen LogP contribution is -2.29. The van der Waals surface area contributed by atoms with E-state index < -0.39 is 0 Å². The van der Waals surface area contributed by atoms with Gasteiger partial charge in [0.25, 0.3) is 0 Å². The number of hydrogen-bond donors (Lipinski definition) is 0. The predicted octanol–water partition coefficient (Wildman–Crippen LogP) is 3.25. The molecule has 2 aromatic carbocycles. The minimum Gasteiger partial charge on any atom is -0.497 e. The normalized spacial score (nSPS) is 10.5. The summed E-state index contributed by atoms with van der Waals surface area (Å²) >= 11 is 0. The molecule has 0 bridgehead atoms. The molecule has 0 saturated carbocycles. The number of likely N-dealkylation sites (N-methyl/N-ethyl adjacent to an activating group) is 1. The Balaban J connectivity index is 1.82. The molecule has 1 amide bonds. The number of hydrogen-bond acceptors (Lipinski definition) is 4. The maximum Gasteiger partial charge on any atom is 0.246 e. The number of carbonyl (C=O) groups excluding carboxylic acids is 1. The highest BCUT2D eigenvalue weighted by atomic mass is 16.5. The maximum absolute atomic E-state index is 12.2. The molecule has 0 aliphatic carbocycles. The van der Waals surface area contributed by atoms with E-state index in [1.165, 1.54) is 6.08 Å². The molecule has 0 aromatic heterocycles. The van der Waals surface area contributed by atoms with E-state index in [9.17, 15) is 4.79 Å². The Morgan fingerprint density at radius 3 is 2.36 bits per heavy atom. The lowest BCUT2D eigenvalue weighted by molar-refractivity contribution is -0.125. The van der Waals surface area contributed by atoms with Gasteiger partial charge in [0.05, 0.1) is 20.8 Å². The first-order chi connectivity index (χ1) is 12.1. The van der Waals surface area contributed by atoms with Gasteiger partial charge in [0.1, 0.15) is 23.9 Å². The molecule has 25 heavy (non-hydrogen) atoms. The number of ether oxygens (including phenoxy) is 3. The first-order valence-electron chi connectivity index (χ1n) is 7.97. The molecule has 0 atom stereocenters. The van der Waals surface area contributed by atoms with Crippen LogP contribution in [0.4, 0.5) is 0 Å². The lowest BCUT2D eigenvalue weighted by atomic mass is 10.2. The monoisotopic (exact) mass is 341 g/mol. The van der Waals surface area contributed by atoms with Gasteiger partial charge in [0.15, 0.2) is 0 Å². The Morgan fingerprint density at radius 1 is 1.00 bits per heavy atom. The summed E-state index contributed by atoms with van der Waals surface area (Å²) in [6.07, 6.45) is 3.28. The van der Waals surface area contributed by atoms with E-state index in [-0.39, 0.29) is 5.91 Å². The fraction of sp³-hybridized carbons (Fsp3) is 0.250. The van der Waals surface area contributed by atoms with Crippen molar-refractivity contribution in [2.24, 2.45) is 0 Å². The molecule has 2 rings (SSSR count). The zero-order valence-electron chi connectivity index (χ0n) is 14.8. The summed E-state index contributed by atoms with van der Waals surface area (Å²) in [5.74, 6) is 2.16. The molecule has 0 aliphatic heterocycles. The molecule has 0 spiro atoms. The van der Waals surface area contributed by atoms with Crippen LogP contribution in [0.3, 0.4) is 0 Å². The predicted molar refractivity (Wildman–Crippen MR) is 98.2 cm³/mol. The van der Waals surface area contributed by atoms with Crippen LogP contribution >= 0.6 is 0 Å². The van der Waals surface area contributed by atoms with Crippen LogP contribution in [0, 0.1) is 0 Å². The van der Waals surface area contributed by atoms with E-state index in [0.29, 0.717) is 13.2 Å². The van der Waals surface area contributed by atoms with Gasteiger partial charge in [-0.2, -0.15) is 0 Å². The molecule has 0 saturated heterocycles. The molecule has 0 fully saturated rings. The number of rotatable bonds is 8. The summed E-state index contributed by atoms with van der Waals surface area (Å²) in [5.41, 5.74) is 0.862. The van der Waals surface area contributed by atoms with E-state index >= 15 is 0 Å². The van der Waals surface area contributed by atoms with Gasteiger partial charge in [0, 0.05) is 18.7 Å². The van der Waals surface area contributed by atoms with Crippen LogP contribution in [0.2, 0.25) is 0 Å². The molecular formula is C20H23NO4. The molecular weight excluding hydrogens is 318 g/mol. The molecule has 2 aromatic rings. The SMILES string of the molecule is COc1ccc(OCCN(C)C(=O)/C=C/c2ccccc2OC)cc1. The van der Waals surface area contributed by atoms with Crippen LogP contribution in [-0.2, 0) is 4.79 Å². The fourth-order valence-electron chi connectivity index (χ4n) is 2.17. The summed E-state index contributed by atoms with van der Waals surface area (Å²) in [6, 6.07) is 14.9. The van der Waals surface area contributed by atoms with Gasteiger partial charge in [-0.15, -0.1) is 0 Å². The molecule has 5 nitrogen and oxygen atoms in total. The van der Waals surface area contributed by atoms with E-state index in [1.54, 1.807) is 32.2 Å². The van der Waals surface area contributed by atoms with Crippen LogP contribution < -0.4 is 14.2 Å². The Morgan fingerprint density at radius 2 is 1.68 bits per heavy atom. The van der Waals surface area contributed by atoms with E-state index in [0.717, 1.165) is 22.8 Å². The van der Waals surface area contributed by atoms with Crippen molar-refractivity contribution in [2.45, 2.75) is 0 Å². The zero-order chi connectivity index (χ0) is 18.1. The minimum atomic E-state index is -0.0933. The summed E-state index contributed by atoms with van der Waals surface area (Å²) < 4.78 is 16.0. The van der Waals surface area contributed by atoms with Crippen LogP contribution in [0.25, 0.3) is 6.08 Å². The second kappa shape index (κ2) is 9.37. The molecule has 0 aliphatic rings. The van der Waals surface area contributed by atoms with Gasteiger partial charge in [-0.1, -0.05) is 18.2 Å². The standard InChI is InChI=1S/C20H23NO4/c1-21(14-15-25-18-11-9-17(23-2)10-12-18)20(22)13-8-16-6-4-5-7-19(16)24-3/h4-13H,14-15H2,1-3H3/b13-8+. The van der Waals surface area contributed by atoms with Crippen molar-refractivity contribution in [1.82, 2.24) is 4.90 Å². The van der Waals surface area contributed by atoms with Crippen molar-refractivity contribution in [3.05, 3.63) is 60.2 Å². The van der Waals surface area contributed by atoms with Crippen LogP contribution in [0.1, 0.15) is 5.56 Å².